The Morgan fingerprint density at radius 3 is 2.73 bits per heavy atom. The van der Waals surface area contributed by atoms with Gasteiger partial charge < -0.3 is 0 Å². The van der Waals surface area contributed by atoms with Crippen LogP contribution in [0.4, 0.5) is 13.2 Å². The molecule has 0 bridgehead atoms. The second-order valence-electron chi connectivity index (χ2n) is 2.96. The van der Waals surface area contributed by atoms with Crippen molar-refractivity contribution in [2.45, 2.75) is 13.1 Å². The summed E-state index contributed by atoms with van der Waals surface area (Å²) >= 11 is 1.07. The van der Waals surface area contributed by atoms with Gasteiger partial charge in [0.25, 0.3) is 0 Å². The lowest BCUT2D eigenvalue weighted by molar-refractivity contribution is -0.141. The van der Waals surface area contributed by atoms with Crippen LogP contribution >= 0.6 is 11.3 Å². The van der Waals surface area contributed by atoms with E-state index in [1.54, 1.807) is 12.3 Å². The highest BCUT2D eigenvalue weighted by molar-refractivity contribution is 7.15. The van der Waals surface area contributed by atoms with Crippen molar-refractivity contribution in [1.29, 1.82) is 0 Å². The first-order valence-electron chi connectivity index (χ1n) is 3.94. The quantitative estimate of drug-likeness (QED) is 0.710. The van der Waals surface area contributed by atoms with E-state index in [2.05, 4.69) is 4.98 Å². The molecule has 0 aliphatic rings. The third kappa shape index (κ3) is 1.43. The number of aldehydes is 1. The fraction of sp³-hybridized carbons (Fsp3) is 0.250. The molecule has 0 unspecified atom stereocenters. The maximum Gasteiger partial charge on any atom is 0.435 e. The Morgan fingerprint density at radius 2 is 2.20 bits per heavy atom. The average molecular weight is 234 g/mol. The van der Waals surface area contributed by atoms with Gasteiger partial charge in [-0.3, -0.25) is 9.20 Å². The summed E-state index contributed by atoms with van der Waals surface area (Å²) in [6, 6.07) is 0. The number of aryl methyl sites for hydroxylation is 1. The lowest BCUT2D eigenvalue weighted by Gasteiger charge is -2.02. The van der Waals surface area contributed by atoms with Gasteiger partial charge >= 0.3 is 6.18 Å². The average Bonchev–Trinajstić information content (AvgIpc) is 2.65. The predicted octanol–water partition coefficient (Wildman–Crippen LogP) is 2.54. The molecule has 0 aromatic carbocycles. The molecular weight excluding hydrogens is 229 g/mol. The number of halogens is 3. The van der Waals surface area contributed by atoms with Crippen molar-refractivity contribution in [1.82, 2.24) is 9.38 Å². The van der Waals surface area contributed by atoms with Crippen LogP contribution in [0.2, 0.25) is 0 Å². The molecule has 2 rings (SSSR count). The zero-order valence-corrected chi connectivity index (χ0v) is 8.32. The normalized spacial score (nSPS) is 12.3. The lowest BCUT2D eigenvalue weighted by atomic mass is 10.3. The molecule has 2 heterocycles. The van der Waals surface area contributed by atoms with Gasteiger partial charge in [0.2, 0.25) is 0 Å². The molecule has 0 fully saturated rings. The first-order chi connectivity index (χ1) is 6.95. The predicted molar refractivity (Wildman–Crippen MR) is 48.2 cm³/mol. The van der Waals surface area contributed by atoms with Crippen LogP contribution in [0.15, 0.2) is 5.38 Å². The van der Waals surface area contributed by atoms with Crippen molar-refractivity contribution in [2.75, 3.05) is 0 Å². The zero-order valence-electron chi connectivity index (χ0n) is 7.50. The molecule has 80 valence electrons. The monoisotopic (exact) mass is 234 g/mol. The third-order valence-electron chi connectivity index (χ3n) is 1.95. The van der Waals surface area contributed by atoms with E-state index in [9.17, 15) is 18.0 Å². The first kappa shape index (κ1) is 10.2. The largest absolute Gasteiger partial charge is 0.435 e. The number of fused-ring (bicyclic) bond motifs is 1. The maximum absolute atomic E-state index is 12.5. The molecular formula is C8H5F3N2OS. The molecule has 2 aromatic heterocycles. The topological polar surface area (TPSA) is 34.4 Å². The number of rotatable bonds is 1. The van der Waals surface area contributed by atoms with Crippen LogP contribution in [-0.4, -0.2) is 15.7 Å². The van der Waals surface area contributed by atoms with Crippen LogP contribution in [0.25, 0.3) is 4.96 Å². The summed E-state index contributed by atoms with van der Waals surface area (Å²) in [5.74, 6) is 0. The highest BCUT2D eigenvalue weighted by Gasteiger charge is 2.38. The molecule has 0 amide bonds. The van der Waals surface area contributed by atoms with Crippen molar-refractivity contribution in [3.63, 3.8) is 0 Å². The van der Waals surface area contributed by atoms with Crippen molar-refractivity contribution < 1.29 is 18.0 Å². The van der Waals surface area contributed by atoms with Gasteiger partial charge in [-0.2, -0.15) is 13.2 Å². The van der Waals surface area contributed by atoms with Crippen molar-refractivity contribution in [2.24, 2.45) is 0 Å². The summed E-state index contributed by atoms with van der Waals surface area (Å²) in [5, 5.41) is 1.65. The minimum atomic E-state index is -4.59. The first-order valence-corrected chi connectivity index (χ1v) is 4.82. The number of thiazole rings is 1. The number of alkyl halides is 3. The Morgan fingerprint density at radius 1 is 1.53 bits per heavy atom. The van der Waals surface area contributed by atoms with E-state index in [4.69, 9.17) is 0 Å². The number of hydrogen-bond donors (Lipinski definition) is 0. The summed E-state index contributed by atoms with van der Waals surface area (Å²) < 4.78 is 38.6. The van der Waals surface area contributed by atoms with Gasteiger partial charge in [-0.15, -0.1) is 11.3 Å². The van der Waals surface area contributed by atoms with Crippen molar-refractivity contribution in [3.05, 3.63) is 22.5 Å². The Hall–Kier alpha value is -1.37. The second kappa shape index (κ2) is 3.06. The molecule has 3 nitrogen and oxygen atoms in total. The molecule has 0 atom stereocenters. The maximum atomic E-state index is 12.5. The Labute approximate surface area is 86.2 Å². The minimum Gasteiger partial charge on any atom is -0.296 e. The van der Waals surface area contributed by atoms with Crippen molar-refractivity contribution in [3.8, 4) is 0 Å². The highest BCUT2D eigenvalue weighted by Crippen LogP contribution is 2.32. The molecule has 0 spiro atoms. The second-order valence-corrected chi connectivity index (χ2v) is 3.79. The Kier molecular flexibility index (Phi) is 2.07. The van der Waals surface area contributed by atoms with Gasteiger partial charge in [-0.25, -0.2) is 4.98 Å². The molecule has 7 heteroatoms. The van der Waals surface area contributed by atoms with E-state index in [1.807, 2.05) is 0 Å². The summed E-state index contributed by atoms with van der Waals surface area (Å²) in [6.45, 7) is 1.62. The van der Waals surface area contributed by atoms with E-state index >= 15 is 0 Å². The summed E-state index contributed by atoms with van der Waals surface area (Å²) in [4.78, 5) is 14.2. The molecule has 15 heavy (non-hydrogen) atoms. The summed E-state index contributed by atoms with van der Waals surface area (Å²) in [6.07, 6.45) is -4.41. The highest BCUT2D eigenvalue weighted by atomic mass is 32.1. The molecule has 0 saturated carbocycles. The number of hydrogen-bond acceptors (Lipinski definition) is 3. The van der Waals surface area contributed by atoms with Crippen LogP contribution in [-0.2, 0) is 6.18 Å². The molecule has 0 radical (unpaired) electrons. The molecule has 0 saturated heterocycles. The summed E-state index contributed by atoms with van der Waals surface area (Å²) in [5.41, 5.74) is -0.983. The minimum absolute atomic E-state index is 0.182. The van der Waals surface area contributed by atoms with Gasteiger partial charge in [0, 0.05) is 11.1 Å². The molecule has 0 aliphatic heterocycles. The Bertz CT molecular complexity index is 526. The van der Waals surface area contributed by atoms with E-state index < -0.39 is 17.6 Å². The van der Waals surface area contributed by atoms with Crippen LogP contribution in [0.3, 0.4) is 0 Å². The fourth-order valence-corrected chi connectivity index (χ4v) is 2.21. The van der Waals surface area contributed by atoms with E-state index in [1.165, 1.54) is 4.40 Å². The molecule has 2 aromatic rings. The van der Waals surface area contributed by atoms with Crippen LogP contribution in [0.5, 0.6) is 0 Å². The molecule has 0 N–H and O–H groups in total. The number of aromatic nitrogens is 2. The van der Waals surface area contributed by atoms with E-state index in [0.29, 0.717) is 5.69 Å². The van der Waals surface area contributed by atoms with Gasteiger partial charge in [-0.05, 0) is 6.92 Å². The number of carbonyl (C=O) groups is 1. The van der Waals surface area contributed by atoms with Gasteiger partial charge in [0.05, 0.1) is 0 Å². The van der Waals surface area contributed by atoms with Gasteiger partial charge in [0.15, 0.2) is 16.9 Å². The lowest BCUT2D eigenvalue weighted by Crippen LogP contribution is -2.09. The van der Waals surface area contributed by atoms with Crippen LogP contribution in [0, 0.1) is 6.92 Å². The number of imidazole rings is 1. The van der Waals surface area contributed by atoms with Gasteiger partial charge in [-0.1, -0.05) is 0 Å². The smallest absolute Gasteiger partial charge is 0.296 e. The third-order valence-corrected chi connectivity index (χ3v) is 2.89. The number of nitrogens with zero attached hydrogens (tertiary/aromatic N) is 2. The van der Waals surface area contributed by atoms with Crippen LogP contribution in [0.1, 0.15) is 21.9 Å². The fourth-order valence-electron chi connectivity index (χ4n) is 1.34. The van der Waals surface area contributed by atoms with Crippen molar-refractivity contribution >= 4 is 22.6 Å². The standard InChI is InChI=1S/C8H5F3N2OS/c1-4-3-15-7-12-6(8(9,10)11)5(2-14)13(4)7/h2-3H,1H3. The SMILES string of the molecule is Cc1csc2nc(C(F)(F)F)c(C=O)n12. The number of carbonyl (C=O) groups excluding carboxylic acids is 1. The van der Waals surface area contributed by atoms with Gasteiger partial charge in [0.1, 0.15) is 5.69 Å². The Balaban J connectivity index is 2.82. The zero-order chi connectivity index (χ0) is 11.2. The van der Waals surface area contributed by atoms with E-state index in [0.717, 1.165) is 11.3 Å². The van der Waals surface area contributed by atoms with Crippen LogP contribution < -0.4 is 0 Å². The van der Waals surface area contributed by atoms with E-state index in [-0.39, 0.29) is 11.2 Å². The summed E-state index contributed by atoms with van der Waals surface area (Å²) in [7, 11) is 0. The molecule has 0 aliphatic carbocycles.